The van der Waals surface area contributed by atoms with Crippen LogP contribution in [0.2, 0.25) is 0 Å². The van der Waals surface area contributed by atoms with E-state index in [1.807, 2.05) is 0 Å². The summed E-state index contributed by atoms with van der Waals surface area (Å²) in [5, 5.41) is 3.49. The predicted molar refractivity (Wildman–Crippen MR) is 89.9 cm³/mol. The number of nitrogens with one attached hydrogen (secondary N) is 1. The monoisotopic (exact) mass is 328 g/mol. The Labute approximate surface area is 139 Å². The molecule has 126 valence electrons. The number of primary amides is 1. The number of rotatable bonds is 5. The van der Waals surface area contributed by atoms with Crippen LogP contribution in [-0.4, -0.2) is 61.1 Å². The molecular weight excluding hydrogens is 308 g/mol. The Hall–Kier alpha value is -2.51. The number of carbonyl (C=O) groups is 2. The molecule has 1 aliphatic heterocycles. The molecular formula is C17H20N4O3. The van der Waals surface area contributed by atoms with Crippen molar-refractivity contribution in [3.05, 3.63) is 41.6 Å². The van der Waals surface area contributed by atoms with Crippen molar-refractivity contribution in [1.29, 1.82) is 0 Å². The summed E-state index contributed by atoms with van der Waals surface area (Å²) in [5.74, 6) is -0.882. The molecule has 2 amide bonds. The van der Waals surface area contributed by atoms with Gasteiger partial charge in [0.25, 0.3) is 5.91 Å². The number of nitrogens with two attached hydrogens (primary N) is 1. The van der Waals surface area contributed by atoms with Crippen molar-refractivity contribution in [3.8, 4) is 0 Å². The van der Waals surface area contributed by atoms with E-state index in [0.29, 0.717) is 23.0 Å². The minimum atomic E-state index is -0.573. The Bertz CT molecular complexity index is 757. The second kappa shape index (κ2) is 7.37. The predicted octanol–water partition coefficient (Wildman–Crippen LogP) is 0.396. The van der Waals surface area contributed by atoms with E-state index < -0.39 is 5.91 Å². The minimum Gasteiger partial charge on any atom is -0.379 e. The van der Waals surface area contributed by atoms with E-state index >= 15 is 0 Å². The minimum absolute atomic E-state index is 0.199. The fourth-order valence-electron chi connectivity index (χ4n) is 2.74. The molecule has 0 bridgehead atoms. The SMILES string of the molecule is NC(=O)c1cc(C(=O)NCCN2CCOCC2)nc2ccccc12. The second-order valence-corrected chi connectivity index (χ2v) is 5.65. The number of hydrogen-bond donors (Lipinski definition) is 2. The van der Waals surface area contributed by atoms with E-state index in [4.69, 9.17) is 10.5 Å². The lowest BCUT2D eigenvalue weighted by molar-refractivity contribution is 0.0383. The molecule has 0 atom stereocenters. The first-order valence-corrected chi connectivity index (χ1v) is 7.93. The van der Waals surface area contributed by atoms with E-state index in [-0.39, 0.29) is 11.6 Å². The van der Waals surface area contributed by atoms with Crippen LogP contribution in [0.5, 0.6) is 0 Å². The third kappa shape index (κ3) is 3.69. The molecule has 0 unspecified atom stereocenters. The Kier molecular flexibility index (Phi) is 5.02. The summed E-state index contributed by atoms with van der Waals surface area (Å²) in [7, 11) is 0. The fraction of sp³-hybridized carbons (Fsp3) is 0.353. The molecule has 7 nitrogen and oxygen atoms in total. The van der Waals surface area contributed by atoms with E-state index in [1.165, 1.54) is 6.07 Å². The zero-order valence-corrected chi connectivity index (χ0v) is 13.3. The molecule has 7 heteroatoms. The number of carbonyl (C=O) groups excluding carboxylic acids is 2. The first kappa shape index (κ1) is 16.4. The maximum Gasteiger partial charge on any atom is 0.269 e. The number of aromatic nitrogens is 1. The first-order valence-electron chi connectivity index (χ1n) is 7.93. The lowest BCUT2D eigenvalue weighted by Crippen LogP contribution is -2.41. The van der Waals surface area contributed by atoms with Gasteiger partial charge in [0.05, 0.1) is 24.3 Å². The van der Waals surface area contributed by atoms with Crippen LogP contribution < -0.4 is 11.1 Å². The zero-order chi connectivity index (χ0) is 16.9. The lowest BCUT2D eigenvalue weighted by Gasteiger charge is -2.26. The quantitative estimate of drug-likeness (QED) is 0.828. The average Bonchev–Trinajstić information content (AvgIpc) is 2.61. The molecule has 1 fully saturated rings. The Balaban J connectivity index is 1.71. The van der Waals surface area contributed by atoms with Gasteiger partial charge in [0.2, 0.25) is 5.91 Å². The third-order valence-corrected chi connectivity index (χ3v) is 4.03. The number of ether oxygens (including phenoxy) is 1. The average molecular weight is 328 g/mol. The van der Waals surface area contributed by atoms with Crippen LogP contribution in [0.25, 0.3) is 10.9 Å². The van der Waals surface area contributed by atoms with Gasteiger partial charge in [-0.25, -0.2) is 4.98 Å². The summed E-state index contributed by atoms with van der Waals surface area (Å²) in [6.45, 7) is 4.46. The van der Waals surface area contributed by atoms with E-state index in [0.717, 1.165) is 32.8 Å². The molecule has 3 N–H and O–H groups in total. The van der Waals surface area contributed by atoms with Crippen molar-refractivity contribution in [1.82, 2.24) is 15.2 Å². The number of benzene rings is 1. The number of fused-ring (bicyclic) bond motifs is 1. The summed E-state index contributed by atoms with van der Waals surface area (Å²) in [4.78, 5) is 30.5. The third-order valence-electron chi connectivity index (χ3n) is 4.03. The molecule has 2 heterocycles. The van der Waals surface area contributed by atoms with Gasteiger partial charge in [0.15, 0.2) is 0 Å². The van der Waals surface area contributed by atoms with Crippen molar-refractivity contribution in [3.63, 3.8) is 0 Å². The number of morpholine rings is 1. The van der Waals surface area contributed by atoms with Crippen molar-refractivity contribution in [2.75, 3.05) is 39.4 Å². The van der Waals surface area contributed by atoms with E-state index in [9.17, 15) is 9.59 Å². The van der Waals surface area contributed by atoms with Gasteiger partial charge in [0.1, 0.15) is 5.69 Å². The van der Waals surface area contributed by atoms with Crippen molar-refractivity contribution in [2.45, 2.75) is 0 Å². The fourth-order valence-corrected chi connectivity index (χ4v) is 2.74. The smallest absolute Gasteiger partial charge is 0.269 e. The molecule has 0 aliphatic carbocycles. The highest BCUT2D eigenvalue weighted by atomic mass is 16.5. The maximum atomic E-state index is 12.3. The Morgan fingerprint density at radius 1 is 1.25 bits per heavy atom. The van der Waals surface area contributed by atoms with Crippen molar-refractivity contribution in [2.24, 2.45) is 5.73 Å². The van der Waals surface area contributed by atoms with Crippen molar-refractivity contribution >= 4 is 22.7 Å². The van der Waals surface area contributed by atoms with Gasteiger partial charge < -0.3 is 15.8 Å². The van der Waals surface area contributed by atoms with Crippen LogP contribution in [0.1, 0.15) is 20.8 Å². The van der Waals surface area contributed by atoms with Crippen LogP contribution in [0.15, 0.2) is 30.3 Å². The molecule has 1 aliphatic rings. The number of amides is 2. The van der Waals surface area contributed by atoms with Crippen molar-refractivity contribution < 1.29 is 14.3 Å². The standard InChI is InChI=1S/C17H20N4O3/c18-16(22)13-11-15(20-14-4-2-1-3-12(13)14)17(23)19-5-6-21-7-9-24-10-8-21/h1-4,11H,5-10H2,(H2,18,22)(H,19,23). The molecule has 0 radical (unpaired) electrons. The van der Waals surface area contributed by atoms with Gasteiger partial charge in [-0.3, -0.25) is 14.5 Å². The summed E-state index contributed by atoms with van der Waals surface area (Å²) in [6.07, 6.45) is 0. The molecule has 0 spiro atoms. The highest BCUT2D eigenvalue weighted by Gasteiger charge is 2.15. The van der Waals surface area contributed by atoms with Gasteiger partial charge in [-0.1, -0.05) is 18.2 Å². The van der Waals surface area contributed by atoms with Crippen LogP contribution in [-0.2, 0) is 4.74 Å². The first-order chi connectivity index (χ1) is 11.6. The number of para-hydroxylation sites is 1. The van der Waals surface area contributed by atoms with Gasteiger partial charge >= 0.3 is 0 Å². The van der Waals surface area contributed by atoms with Crippen LogP contribution in [0.3, 0.4) is 0 Å². The Morgan fingerprint density at radius 3 is 2.75 bits per heavy atom. The van der Waals surface area contributed by atoms with Crippen LogP contribution in [0.4, 0.5) is 0 Å². The van der Waals surface area contributed by atoms with Gasteiger partial charge in [-0.2, -0.15) is 0 Å². The molecule has 2 aromatic rings. The molecule has 3 rings (SSSR count). The lowest BCUT2D eigenvalue weighted by atomic mass is 10.1. The highest BCUT2D eigenvalue weighted by Crippen LogP contribution is 2.18. The molecule has 1 aromatic heterocycles. The number of nitrogens with zero attached hydrogens (tertiary/aromatic N) is 2. The summed E-state index contributed by atoms with van der Waals surface area (Å²) >= 11 is 0. The Morgan fingerprint density at radius 2 is 2.00 bits per heavy atom. The number of pyridine rings is 1. The normalized spacial score (nSPS) is 15.3. The van der Waals surface area contributed by atoms with Crippen LogP contribution >= 0.6 is 0 Å². The zero-order valence-electron chi connectivity index (χ0n) is 13.3. The van der Waals surface area contributed by atoms with Crippen LogP contribution in [0, 0.1) is 0 Å². The summed E-state index contributed by atoms with van der Waals surface area (Å²) < 4.78 is 5.29. The number of hydrogen-bond acceptors (Lipinski definition) is 5. The topological polar surface area (TPSA) is 97.5 Å². The molecule has 1 saturated heterocycles. The van der Waals surface area contributed by atoms with Gasteiger partial charge in [0, 0.05) is 31.6 Å². The molecule has 0 saturated carbocycles. The van der Waals surface area contributed by atoms with E-state index in [1.54, 1.807) is 24.3 Å². The summed E-state index contributed by atoms with van der Waals surface area (Å²) in [5.41, 5.74) is 6.51. The highest BCUT2D eigenvalue weighted by molar-refractivity contribution is 6.07. The molecule has 1 aromatic carbocycles. The molecule has 24 heavy (non-hydrogen) atoms. The summed E-state index contributed by atoms with van der Waals surface area (Å²) in [6, 6.07) is 8.59. The largest absolute Gasteiger partial charge is 0.379 e. The second-order valence-electron chi connectivity index (χ2n) is 5.65. The van der Waals surface area contributed by atoms with E-state index in [2.05, 4.69) is 15.2 Å². The maximum absolute atomic E-state index is 12.3. The van der Waals surface area contributed by atoms with Gasteiger partial charge in [-0.15, -0.1) is 0 Å². The van der Waals surface area contributed by atoms with Gasteiger partial charge in [-0.05, 0) is 12.1 Å².